The van der Waals surface area contributed by atoms with Crippen LogP contribution in [0.4, 0.5) is 18.9 Å². The van der Waals surface area contributed by atoms with E-state index >= 15 is 0 Å². The number of nitrogens with one attached hydrogen (secondary N) is 1. The third-order valence-corrected chi connectivity index (χ3v) is 4.52. The van der Waals surface area contributed by atoms with Gasteiger partial charge in [0.15, 0.2) is 0 Å². The minimum atomic E-state index is -4.62. The Morgan fingerprint density at radius 1 is 1.21 bits per heavy atom. The molecule has 0 aliphatic carbocycles. The number of nitrogens with zero attached hydrogens (tertiary/aromatic N) is 1. The molecule has 0 aliphatic rings. The quantitative estimate of drug-likeness (QED) is 0.562. The van der Waals surface area contributed by atoms with E-state index in [-0.39, 0.29) is 17.9 Å². The highest BCUT2D eigenvalue weighted by Gasteiger charge is 2.33. The molecule has 3 rings (SSSR count). The van der Waals surface area contributed by atoms with Gasteiger partial charge in [0, 0.05) is 11.3 Å². The van der Waals surface area contributed by atoms with Crippen LogP contribution in [0, 0.1) is 13.8 Å². The lowest BCUT2D eigenvalue weighted by Gasteiger charge is -2.12. The zero-order valence-corrected chi connectivity index (χ0v) is 16.2. The Kier molecular flexibility index (Phi) is 5.83. The van der Waals surface area contributed by atoms with Crippen LogP contribution in [-0.2, 0) is 12.8 Å². The number of aryl methyl sites for hydroxylation is 2. The van der Waals surface area contributed by atoms with E-state index in [0.29, 0.717) is 17.2 Å². The SMILES string of the molecule is Cc1noc(C)c1COc1cccc(C(=O)Nc2ccc(Cl)c(C(F)(F)F)c2)c1. The van der Waals surface area contributed by atoms with E-state index < -0.39 is 22.7 Å². The highest BCUT2D eigenvalue weighted by molar-refractivity contribution is 6.31. The number of carbonyl (C=O) groups excluding carboxylic acids is 1. The number of alkyl halides is 3. The number of benzene rings is 2. The van der Waals surface area contributed by atoms with Crippen LogP contribution < -0.4 is 10.1 Å². The lowest BCUT2D eigenvalue weighted by atomic mass is 10.1. The van der Waals surface area contributed by atoms with Crippen LogP contribution in [0.5, 0.6) is 5.75 Å². The smallest absolute Gasteiger partial charge is 0.417 e. The zero-order valence-electron chi connectivity index (χ0n) is 15.4. The number of ether oxygens (including phenoxy) is 1. The maximum atomic E-state index is 13.0. The second-order valence-electron chi connectivity index (χ2n) is 6.27. The highest BCUT2D eigenvalue weighted by atomic mass is 35.5. The molecule has 0 atom stereocenters. The summed E-state index contributed by atoms with van der Waals surface area (Å²) in [4.78, 5) is 12.4. The van der Waals surface area contributed by atoms with Gasteiger partial charge in [-0.2, -0.15) is 13.2 Å². The summed E-state index contributed by atoms with van der Waals surface area (Å²) in [6, 6.07) is 9.47. The molecule has 3 aromatic rings. The monoisotopic (exact) mass is 424 g/mol. The molecule has 152 valence electrons. The van der Waals surface area contributed by atoms with Crippen molar-refractivity contribution in [3.05, 3.63) is 75.6 Å². The second-order valence-corrected chi connectivity index (χ2v) is 6.67. The topological polar surface area (TPSA) is 64.4 Å². The average Bonchev–Trinajstić information content (AvgIpc) is 2.98. The number of halogens is 4. The van der Waals surface area contributed by atoms with Gasteiger partial charge in [0.2, 0.25) is 0 Å². The molecule has 0 aliphatic heterocycles. The van der Waals surface area contributed by atoms with Gasteiger partial charge in [-0.3, -0.25) is 4.79 Å². The molecule has 29 heavy (non-hydrogen) atoms. The molecule has 2 aromatic carbocycles. The fourth-order valence-corrected chi connectivity index (χ4v) is 2.84. The minimum absolute atomic E-state index is 0.0197. The first-order valence-electron chi connectivity index (χ1n) is 8.48. The number of hydrogen-bond donors (Lipinski definition) is 1. The van der Waals surface area contributed by atoms with Gasteiger partial charge in [0.05, 0.1) is 21.8 Å². The summed E-state index contributed by atoms with van der Waals surface area (Å²) in [5.41, 5.74) is 0.701. The highest BCUT2D eigenvalue weighted by Crippen LogP contribution is 2.36. The summed E-state index contributed by atoms with van der Waals surface area (Å²) < 4.78 is 49.7. The maximum absolute atomic E-state index is 13.0. The maximum Gasteiger partial charge on any atom is 0.417 e. The lowest BCUT2D eigenvalue weighted by molar-refractivity contribution is -0.137. The van der Waals surface area contributed by atoms with Gasteiger partial charge in [-0.05, 0) is 50.2 Å². The van der Waals surface area contributed by atoms with E-state index in [9.17, 15) is 18.0 Å². The van der Waals surface area contributed by atoms with Crippen LogP contribution in [-0.4, -0.2) is 11.1 Å². The van der Waals surface area contributed by atoms with Crippen molar-refractivity contribution in [2.24, 2.45) is 0 Å². The molecule has 5 nitrogen and oxygen atoms in total. The van der Waals surface area contributed by atoms with Gasteiger partial charge >= 0.3 is 6.18 Å². The molecule has 0 saturated carbocycles. The Morgan fingerprint density at radius 2 is 1.97 bits per heavy atom. The van der Waals surface area contributed by atoms with Gasteiger partial charge in [0.1, 0.15) is 18.1 Å². The Labute approximate surface area is 169 Å². The van der Waals surface area contributed by atoms with Crippen LogP contribution in [0.1, 0.15) is 32.9 Å². The Hall–Kier alpha value is -3.00. The number of amides is 1. The zero-order chi connectivity index (χ0) is 21.2. The first kappa shape index (κ1) is 20.7. The number of anilines is 1. The van der Waals surface area contributed by atoms with Gasteiger partial charge in [0.25, 0.3) is 5.91 Å². The van der Waals surface area contributed by atoms with Crippen molar-refractivity contribution in [3.63, 3.8) is 0 Å². The van der Waals surface area contributed by atoms with Crippen molar-refractivity contribution in [1.82, 2.24) is 5.16 Å². The van der Waals surface area contributed by atoms with E-state index in [1.165, 1.54) is 18.2 Å². The Bertz CT molecular complexity index is 1030. The molecule has 0 unspecified atom stereocenters. The minimum Gasteiger partial charge on any atom is -0.489 e. The molecular formula is C20H16ClF3N2O3. The van der Waals surface area contributed by atoms with Gasteiger partial charge in [-0.25, -0.2) is 0 Å². The van der Waals surface area contributed by atoms with E-state index in [4.69, 9.17) is 20.9 Å². The molecule has 0 bridgehead atoms. The van der Waals surface area contributed by atoms with Crippen molar-refractivity contribution in [2.75, 3.05) is 5.32 Å². The first-order chi connectivity index (χ1) is 13.6. The van der Waals surface area contributed by atoms with Crippen molar-refractivity contribution >= 4 is 23.2 Å². The predicted octanol–water partition coefficient (Wildman–Crippen LogP) is 5.79. The van der Waals surface area contributed by atoms with E-state index in [1.54, 1.807) is 26.0 Å². The average molecular weight is 425 g/mol. The van der Waals surface area contributed by atoms with Crippen LogP contribution in [0.2, 0.25) is 5.02 Å². The third-order valence-electron chi connectivity index (χ3n) is 4.19. The second kappa shape index (κ2) is 8.16. The summed E-state index contributed by atoms with van der Waals surface area (Å²) in [6.07, 6.45) is -4.62. The fraction of sp³-hybridized carbons (Fsp3) is 0.200. The van der Waals surface area contributed by atoms with Crippen LogP contribution >= 0.6 is 11.6 Å². The third kappa shape index (κ3) is 4.89. The standard InChI is InChI=1S/C20H16ClF3N2O3/c1-11-16(12(2)29-26-11)10-28-15-5-3-4-13(8-15)19(27)25-14-6-7-18(21)17(9-14)20(22,23)24/h3-9H,10H2,1-2H3,(H,25,27). The molecular weight excluding hydrogens is 409 g/mol. The normalized spacial score (nSPS) is 11.4. The summed E-state index contributed by atoms with van der Waals surface area (Å²) in [6.45, 7) is 3.77. The summed E-state index contributed by atoms with van der Waals surface area (Å²) in [7, 11) is 0. The largest absolute Gasteiger partial charge is 0.489 e. The van der Waals surface area contributed by atoms with E-state index in [1.807, 2.05) is 0 Å². The van der Waals surface area contributed by atoms with Crippen molar-refractivity contribution in [3.8, 4) is 5.75 Å². The van der Waals surface area contributed by atoms with Crippen molar-refractivity contribution < 1.29 is 27.2 Å². The van der Waals surface area contributed by atoms with Gasteiger partial charge in [-0.1, -0.05) is 22.8 Å². The molecule has 1 amide bonds. The molecule has 1 heterocycles. The molecule has 0 spiro atoms. The fourth-order valence-electron chi connectivity index (χ4n) is 2.61. The number of hydrogen-bond acceptors (Lipinski definition) is 4. The molecule has 1 N–H and O–H groups in total. The van der Waals surface area contributed by atoms with Crippen molar-refractivity contribution in [2.45, 2.75) is 26.6 Å². The predicted molar refractivity (Wildman–Crippen MR) is 101 cm³/mol. The van der Waals surface area contributed by atoms with Crippen LogP contribution in [0.15, 0.2) is 47.0 Å². The molecule has 0 radical (unpaired) electrons. The molecule has 9 heteroatoms. The van der Waals surface area contributed by atoms with Gasteiger partial charge in [-0.15, -0.1) is 0 Å². The van der Waals surface area contributed by atoms with Crippen LogP contribution in [0.3, 0.4) is 0 Å². The Balaban J connectivity index is 1.73. The first-order valence-corrected chi connectivity index (χ1v) is 8.85. The van der Waals surface area contributed by atoms with Crippen LogP contribution in [0.25, 0.3) is 0 Å². The number of rotatable bonds is 5. The molecule has 1 aromatic heterocycles. The molecule has 0 saturated heterocycles. The summed E-state index contributed by atoms with van der Waals surface area (Å²) in [5.74, 6) is 0.479. The van der Waals surface area contributed by atoms with E-state index in [0.717, 1.165) is 17.7 Å². The summed E-state index contributed by atoms with van der Waals surface area (Å²) >= 11 is 5.59. The molecule has 0 fully saturated rings. The lowest BCUT2D eigenvalue weighted by Crippen LogP contribution is -2.13. The van der Waals surface area contributed by atoms with Gasteiger partial charge < -0.3 is 14.6 Å². The number of aromatic nitrogens is 1. The Morgan fingerprint density at radius 3 is 2.62 bits per heavy atom. The van der Waals surface area contributed by atoms with Crippen molar-refractivity contribution in [1.29, 1.82) is 0 Å². The number of carbonyl (C=O) groups is 1. The van der Waals surface area contributed by atoms with E-state index in [2.05, 4.69) is 10.5 Å². The summed E-state index contributed by atoms with van der Waals surface area (Å²) in [5, 5.41) is 5.84.